The molecule has 3 aromatic heterocycles. The lowest BCUT2D eigenvalue weighted by molar-refractivity contribution is -0.192. The van der Waals surface area contributed by atoms with Crippen molar-refractivity contribution in [3.05, 3.63) is 59.1 Å². The van der Waals surface area contributed by atoms with E-state index in [-0.39, 0.29) is 17.8 Å². The van der Waals surface area contributed by atoms with Gasteiger partial charge >= 0.3 is 12.1 Å². The summed E-state index contributed by atoms with van der Waals surface area (Å²) >= 11 is 6.58. The van der Waals surface area contributed by atoms with E-state index in [0.717, 1.165) is 41.1 Å². The highest BCUT2D eigenvalue weighted by molar-refractivity contribution is 6.31. The number of anilines is 1. The molecule has 42 heavy (non-hydrogen) atoms. The summed E-state index contributed by atoms with van der Waals surface area (Å²) in [5.41, 5.74) is 4.03. The third-order valence-corrected chi connectivity index (χ3v) is 6.40. The van der Waals surface area contributed by atoms with Crippen LogP contribution in [-0.4, -0.2) is 74.2 Å². The number of halogens is 4. The van der Waals surface area contributed by atoms with Crippen LogP contribution in [-0.2, 0) is 21.5 Å². The normalized spacial score (nSPS) is 13.9. The Morgan fingerprint density at radius 2 is 1.83 bits per heavy atom. The number of benzene rings is 1. The van der Waals surface area contributed by atoms with Gasteiger partial charge in [0.2, 0.25) is 5.89 Å². The zero-order valence-corrected chi connectivity index (χ0v) is 23.5. The first-order valence-corrected chi connectivity index (χ1v) is 13.0. The molecule has 12 nitrogen and oxygen atoms in total. The number of aliphatic carboxylic acids is 1. The molecule has 1 fully saturated rings. The largest absolute Gasteiger partial charge is 0.490 e. The molecule has 1 aliphatic rings. The maximum absolute atomic E-state index is 12.5. The number of alkyl halides is 3. The van der Waals surface area contributed by atoms with E-state index in [1.54, 1.807) is 0 Å². The fourth-order valence-corrected chi connectivity index (χ4v) is 4.09. The summed E-state index contributed by atoms with van der Waals surface area (Å²) in [6, 6.07) is 7.74. The van der Waals surface area contributed by atoms with Crippen molar-refractivity contribution in [1.82, 2.24) is 30.1 Å². The molecule has 1 saturated heterocycles. The average molecular weight is 610 g/mol. The summed E-state index contributed by atoms with van der Waals surface area (Å²) in [6.45, 7) is 9.14. The van der Waals surface area contributed by atoms with Gasteiger partial charge in [0, 0.05) is 35.6 Å². The maximum Gasteiger partial charge on any atom is 0.490 e. The molecular formula is C26H27ClF3N7O5. The number of carbonyl (C=O) groups is 2. The number of nitrogens with one attached hydrogen (secondary N) is 1. The molecule has 16 heteroatoms. The number of fused-ring (bicyclic) bond motifs is 1. The van der Waals surface area contributed by atoms with Crippen LogP contribution in [0.2, 0.25) is 5.02 Å². The van der Waals surface area contributed by atoms with Crippen LogP contribution in [0, 0.1) is 0 Å². The Kier molecular flexibility index (Phi) is 9.01. The van der Waals surface area contributed by atoms with E-state index in [4.69, 9.17) is 30.8 Å². The predicted molar refractivity (Wildman–Crippen MR) is 144 cm³/mol. The van der Waals surface area contributed by atoms with Gasteiger partial charge in [-0.15, -0.1) is 0 Å². The highest BCUT2D eigenvalue weighted by atomic mass is 35.5. The van der Waals surface area contributed by atoms with Crippen LogP contribution in [0.5, 0.6) is 0 Å². The molecule has 4 aromatic rings. The molecule has 1 aliphatic heterocycles. The smallest absolute Gasteiger partial charge is 0.475 e. The molecule has 1 amide bonds. The van der Waals surface area contributed by atoms with Crippen molar-refractivity contribution in [3.8, 4) is 11.3 Å². The van der Waals surface area contributed by atoms with E-state index in [9.17, 15) is 18.0 Å². The fourth-order valence-electron chi connectivity index (χ4n) is 3.85. The minimum Gasteiger partial charge on any atom is -0.475 e. The molecule has 0 atom stereocenters. The number of carbonyl (C=O) groups excluding carboxylic acids is 1. The second-order valence-corrected chi connectivity index (χ2v) is 10.6. The van der Waals surface area contributed by atoms with Crippen molar-refractivity contribution in [3.63, 3.8) is 0 Å². The number of amides is 1. The Bertz CT molecular complexity index is 1580. The second-order valence-electron chi connectivity index (χ2n) is 10.2. The van der Waals surface area contributed by atoms with E-state index in [1.807, 2.05) is 49.7 Å². The van der Waals surface area contributed by atoms with Crippen molar-refractivity contribution in [2.24, 2.45) is 0 Å². The highest BCUT2D eigenvalue weighted by Crippen LogP contribution is 2.30. The van der Waals surface area contributed by atoms with Crippen LogP contribution in [0.3, 0.4) is 0 Å². The first-order valence-electron chi connectivity index (χ1n) is 12.6. The van der Waals surface area contributed by atoms with Gasteiger partial charge in [0.25, 0.3) is 11.7 Å². The number of ether oxygens (including phenoxy) is 1. The standard InChI is InChI=1S/C24H26ClN7O3.C2HF3O2/c1-24(2,3)23-29-21(30-35-23)22(33)26-12-16-5-4-15(10-18(16)25)20-19-11-17(13-32(19)28-14-27-20)31-6-8-34-9-7-31;3-2(4,5)1(6)7/h4-5,10-11,13-14H,6-9,12H2,1-3H3,(H,26,33);(H,6,7). The molecule has 0 saturated carbocycles. The number of nitrogens with zero attached hydrogens (tertiary/aromatic N) is 6. The van der Waals surface area contributed by atoms with Gasteiger partial charge in [0.15, 0.2) is 0 Å². The van der Waals surface area contributed by atoms with Gasteiger partial charge < -0.3 is 24.6 Å². The summed E-state index contributed by atoms with van der Waals surface area (Å²) in [6.07, 6.45) is -1.55. The van der Waals surface area contributed by atoms with Gasteiger partial charge in [-0.3, -0.25) is 4.79 Å². The molecular weight excluding hydrogens is 583 g/mol. The highest BCUT2D eigenvalue weighted by Gasteiger charge is 2.38. The van der Waals surface area contributed by atoms with Crippen molar-refractivity contribution in [2.45, 2.75) is 38.9 Å². The van der Waals surface area contributed by atoms with E-state index in [0.29, 0.717) is 24.1 Å². The lowest BCUT2D eigenvalue weighted by atomic mass is 9.97. The Morgan fingerprint density at radius 1 is 1.14 bits per heavy atom. The molecule has 0 bridgehead atoms. The Balaban J connectivity index is 0.000000517. The van der Waals surface area contributed by atoms with Gasteiger partial charge in [-0.05, 0) is 17.7 Å². The van der Waals surface area contributed by atoms with Crippen LogP contribution < -0.4 is 10.2 Å². The summed E-state index contributed by atoms with van der Waals surface area (Å²) in [5.74, 6) is -2.78. The quantitative estimate of drug-likeness (QED) is 0.338. The summed E-state index contributed by atoms with van der Waals surface area (Å²) in [7, 11) is 0. The number of aromatic nitrogens is 5. The van der Waals surface area contributed by atoms with E-state index in [2.05, 4.69) is 36.5 Å². The molecule has 4 heterocycles. The molecule has 5 rings (SSSR count). The van der Waals surface area contributed by atoms with Crippen LogP contribution in [0.15, 0.2) is 41.3 Å². The molecule has 0 aliphatic carbocycles. The lowest BCUT2D eigenvalue weighted by Gasteiger charge is -2.27. The van der Waals surface area contributed by atoms with Crippen molar-refractivity contribution >= 4 is 34.7 Å². The summed E-state index contributed by atoms with van der Waals surface area (Å²) in [4.78, 5) is 32.3. The molecule has 224 valence electrons. The average Bonchev–Trinajstić information content (AvgIpc) is 3.61. The Labute approximate surface area is 242 Å². The first-order chi connectivity index (χ1) is 19.7. The molecule has 2 N–H and O–H groups in total. The first kappa shape index (κ1) is 30.7. The second kappa shape index (κ2) is 12.3. The number of carboxylic acids is 1. The minimum atomic E-state index is -5.08. The predicted octanol–water partition coefficient (Wildman–Crippen LogP) is 4.13. The third kappa shape index (κ3) is 7.33. The minimum absolute atomic E-state index is 0.00431. The van der Waals surface area contributed by atoms with Crippen molar-refractivity contribution < 1.29 is 37.1 Å². The summed E-state index contributed by atoms with van der Waals surface area (Å²) < 4.78 is 44.2. The molecule has 0 radical (unpaired) electrons. The lowest BCUT2D eigenvalue weighted by Crippen LogP contribution is -2.35. The monoisotopic (exact) mass is 609 g/mol. The number of hydrogen-bond donors (Lipinski definition) is 2. The van der Waals surface area contributed by atoms with Crippen LogP contribution in [0.25, 0.3) is 16.8 Å². The topological polar surface area (TPSA) is 148 Å². The van der Waals surface area contributed by atoms with Crippen molar-refractivity contribution in [1.29, 1.82) is 0 Å². The molecule has 0 spiro atoms. The third-order valence-electron chi connectivity index (χ3n) is 6.05. The zero-order valence-electron chi connectivity index (χ0n) is 22.8. The maximum atomic E-state index is 12.5. The van der Waals surface area contributed by atoms with Gasteiger partial charge in [-0.25, -0.2) is 14.3 Å². The SMILES string of the molecule is CC(C)(C)c1nc(C(=O)NCc2ccc(-c3ncnn4cc(N5CCOCC5)cc34)cc2Cl)no1.O=C(O)C(F)(F)F. The zero-order chi connectivity index (χ0) is 30.7. The van der Waals surface area contributed by atoms with Crippen LogP contribution >= 0.6 is 11.6 Å². The number of morpholine rings is 1. The molecule has 1 aromatic carbocycles. The number of carboxylic acid groups (broad SMARTS) is 1. The summed E-state index contributed by atoms with van der Waals surface area (Å²) in [5, 5.41) is 18.6. The van der Waals surface area contributed by atoms with E-state index < -0.39 is 18.1 Å². The van der Waals surface area contributed by atoms with Gasteiger partial charge in [-0.1, -0.05) is 49.7 Å². The fraction of sp³-hybridized carbons (Fsp3) is 0.385. The van der Waals surface area contributed by atoms with Crippen LogP contribution in [0.1, 0.15) is 42.8 Å². The molecule has 0 unspecified atom stereocenters. The number of rotatable bonds is 5. The van der Waals surface area contributed by atoms with E-state index >= 15 is 0 Å². The van der Waals surface area contributed by atoms with Gasteiger partial charge in [0.1, 0.15) is 6.33 Å². The number of hydrogen-bond acceptors (Lipinski definition) is 9. The van der Waals surface area contributed by atoms with Gasteiger partial charge in [0.05, 0.1) is 36.3 Å². The Hall–Kier alpha value is -4.24. The van der Waals surface area contributed by atoms with Crippen molar-refractivity contribution in [2.75, 3.05) is 31.2 Å². The Morgan fingerprint density at radius 3 is 2.43 bits per heavy atom. The van der Waals surface area contributed by atoms with Gasteiger partial charge in [-0.2, -0.15) is 23.3 Å². The van der Waals surface area contributed by atoms with E-state index in [1.165, 1.54) is 6.33 Å². The van der Waals surface area contributed by atoms with Crippen LogP contribution in [0.4, 0.5) is 18.9 Å².